The highest BCUT2D eigenvalue weighted by atomic mass is 19.2. The maximum Gasteiger partial charge on any atom is 0.290 e. The van der Waals surface area contributed by atoms with E-state index < -0.39 is 5.60 Å². The van der Waals surface area contributed by atoms with E-state index in [2.05, 4.69) is 15.1 Å². The normalized spacial score (nSPS) is 24.5. The molecule has 4 heterocycles. The highest BCUT2D eigenvalue weighted by Gasteiger charge is 2.46. The van der Waals surface area contributed by atoms with Crippen molar-refractivity contribution in [2.75, 3.05) is 16.6 Å². The van der Waals surface area contributed by atoms with E-state index in [1.165, 1.54) is 6.20 Å². The predicted octanol–water partition coefficient (Wildman–Crippen LogP) is 2.37. The first-order chi connectivity index (χ1) is 13.6. The Balaban J connectivity index is 1.41. The summed E-state index contributed by atoms with van der Waals surface area (Å²) in [6.45, 7) is 0.0979. The molecule has 0 radical (unpaired) electrons. The van der Waals surface area contributed by atoms with Crippen LogP contribution in [0.4, 0.5) is 16.1 Å². The van der Waals surface area contributed by atoms with Gasteiger partial charge in [0.2, 0.25) is 0 Å². The number of fused-ring (bicyclic) bond motifs is 6. The van der Waals surface area contributed by atoms with Gasteiger partial charge in [-0.2, -0.15) is 10.1 Å². The Bertz CT molecular complexity index is 999. The van der Waals surface area contributed by atoms with Gasteiger partial charge in [-0.1, -0.05) is 22.7 Å². The largest absolute Gasteiger partial charge is 0.380 e. The standard InChI is InChI=1S/C18H18FN7O2/c19-23-9-14-24(11-23)13-6-2-1-5-12(13)15-20-10-25(26(14)15)17-21-16(28-22-17)18(27)7-3-4-8-18/h1-2,5-6,9-10,15,27H,3-4,7-8,11H2. The molecule has 144 valence electrons. The molecule has 0 amide bonds. The molecule has 1 aliphatic carbocycles. The lowest BCUT2D eigenvalue weighted by molar-refractivity contribution is 0.0112. The van der Waals surface area contributed by atoms with Crippen molar-refractivity contribution >= 4 is 18.0 Å². The molecule has 6 rings (SSSR count). The molecule has 1 aromatic carbocycles. The number of benzene rings is 1. The van der Waals surface area contributed by atoms with Crippen molar-refractivity contribution in [1.82, 2.24) is 20.3 Å². The van der Waals surface area contributed by atoms with E-state index in [0.717, 1.165) is 24.1 Å². The van der Waals surface area contributed by atoms with Crippen LogP contribution in [0.3, 0.4) is 0 Å². The summed E-state index contributed by atoms with van der Waals surface area (Å²) in [5, 5.41) is 18.9. The highest BCUT2D eigenvalue weighted by molar-refractivity contribution is 5.80. The van der Waals surface area contributed by atoms with Gasteiger partial charge in [-0.05, 0) is 36.9 Å². The number of hydrogen-bond donors (Lipinski definition) is 1. The van der Waals surface area contributed by atoms with Gasteiger partial charge in [0.05, 0.1) is 11.9 Å². The zero-order valence-electron chi connectivity index (χ0n) is 14.9. The number of anilines is 2. The van der Waals surface area contributed by atoms with Crippen LogP contribution in [-0.2, 0) is 5.60 Å². The van der Waals surface area contributed by atoms with Gasteiger partial charge in [-0.3, -0.25) is 0 Å². The monoisotopic (exact) mass is 383 g/mol. The second kappa shape index (κ2) is 5.44. The van der Waals surface area contributed by atoms with Crippen molar-refractivity contribution in [3.05, 3.63) is 47.7 Å². The average molecular weight is 383 g/mol. The van der Waals surface area contributed by atoms with Gasteiger partial charge in [-0.25, -0.2) is 15.0 Å². The van der Waals surface area contributed by atoms with Crippen LogP contribution in [0.2, 0.25) is 0 Å². The topological polar surface area (TPSA) is 84.5 Å². The van der Waals surface area contributed by atoms with Crippen molar-refractivity contribution in [3.63, 3.8) is 0 Å². The van der Waals surface area contributed by atoms with Gasteiger partial charge >= 0.3 is 0 Å². The van der Waals surface area contributed by atoms with Crippen molar-refractivity contribution < 1.29 is 14.1 Å². The number of para-hydroxylation sites is 1. The molecule has 1 atom stereocenters. The van der Waals surface area contributed by atoms with E-state index in [0.29, 0.717) is 23.8 Å². The van der Waals surface area contributed by atoms with Gasteiger partial charge in [0.25, 0.3) is 11.8 Å². The molecule has 0 spiro atoms. The van der Waals surface area contributed by atoms with Crippen LogP contribution >= 0.6 is 0 Å². The molecule has 28 heavy (non-hydrogen) atoms. The van der Waals surface area contributed by atoms with Crippen LogP contribution in [0, 0.1) is 0 Å². The first kappa shape index (κ1) is 15.9. The lowest BCUT2D eigenvalue weighted by Crippen LogP contribution is -2.47. The summed E-state index contributed by atoms with van der Waals surface area (Å²) in [6.07, 6.45) is 5.77. The molecule has 1 unspecified atom stereocenters. The molecule has 1 aromatic heterocycles. The molecule has 0 saturated heterocycles. The number of rotatable bonds is 2. The molecule has 1 N–H and O–H groups in total. The predicted molar refractivity (Wildman–Crippen MR) is 97.0 cm³/mol. The average Bonchev–Trinajstić information content (AvgIpc) is 3.46. The second-order valence-corrected chi connectivity index (χ2v) is 7.48. The Kier molecular flexibility index (Phi) is 3.09. The SMILES string of the molecule is OC1(c2nc(N3C=NC4c5ccccc5N5CN(F)C=C5N43)no2)CCCC1. The van der Waals surface area contributed by atoms with Crippen molar-refractivity contribution in [2.45, 2.75) is 37.5 Å². The molecule has 9 nitrogen and oxygen atoms in total. The van der Waals surface area contributed by atoms with Gasteiger partial charge in [0, 0.05) is 5.56 Å². The first-order valence-electron chi connectivity index (χ1n) is 9.33. The summed E-state index contributed by atoms with van der Waals surface area (Å²) in [7, 11) is 0. The van der Waals surface area contributed by atoms with Crippen LogP contribution in [-0.4, -0.2) is 38.4 Å². The van der Waals surface area contributed by atoms with Crippen LogP contribution in [0.1, 0.15) is 43.3 Å². The Labute approximate surface area is 159 Å². The summed E-state index contributed by atoms with van der Waals surface area (Å²) in [5.74, 6) is 1.12. The lowest BCUT2D eigenvalue weighted by atomic mass is 10.0. The summed E-state index contributed by atoms with van der Waals surface area (Å²) < 4.78 is 19.5. The van der Waals surface area contributed by atoms with Crippen LogP contribution < -0.4 is 9.91 Å². The van der Waals surface area contributed by atoms with E-state index in [1.54, 1.807) is 11.3 Å². The Morgan fingerprint density at radius 2 is 2.04 bits per heavy atom. The fourth-order valence-electron chi connectivity index (χ4n) is 4.41. The highest BCUT2D eigenvalue weighted by Crippen LogP contribution is 2.46. The summed E-state index contributed by atoms with van der Waals surface area (Å²) in [4.78, 5) is 10.9. The molecular formula is C18H18FN7O2. The molecule has 4 aliphatic rings. The van der Waals surface area contributed by atoms with Crippen molar-refractivity contribution in [1.29, 1.82) is 0 Å². The van der Waals surface area contributed by atoms with Crippen molar-refractivity contribution in [2.24, 2.45) is 4.99 Å². The third-order valence-electron chi connectivity index (χ3n) is 5.78. The van der Waals surface area contributed by atoms with E-state index >= 15 is 0 Å². The molecule has 10 heteroatoms. The maximum absolute atomic E-state index is 14.1. The number of aromatic nitrogens is 2. The van der Waals surface area contributed by atoms with Crippen LogP contribution in [0.25, 0.3) is 0 Å². The number of aliphatic hydroxyl groups is 1. The fourth-order valence-corrected chi connectivity index (χ4v) is 4.41. The molecule has 2 aromatic rings. The van der Waals surface area contributed by atoms with E-state index in [4.69, 9.17) is 4.52 Å². The molecular weight excluding hydrogens is 365 g/mol. The van der Waals surface area contributed by atoms with Gasteiger partial charge in [0.15, 0.2) is 12.0 Å². The van der Waals surface area contributed by atoms with Gasteiger partial charge in [0.1, 0.15) is 18.6 Å². The molecule has 0 bridgehead atoms. The fraction of sp³-hybridized carbons (Fsp3) is 0.389. The quantitative estimate of drug-likeness (QED) is 0.792. The van der Waals surface area contributed by atoms with E-state index in [9.17, 15) is 9.59 Å². The zero-order valence-corrected chi connectivity index (χ0v) is 14.9. The minimum absolute atomic E-state index is 0.0979. The molecule has 3 aliphatic heterocycles. The summed E-state index contributed by atoms with van der Waals surface area (Å²) in [5.41, 5.74) is 0.819. The number of hydrazine groups is 1. The number of aliphatic imine (C=N–C) groups is 1. The van der Waals surface area contributed by atoms with Crippen LogP contribution in [0.15, 0.2) is 45.8 Å². The number of hydrogen-bond acceptors (Lipinski definition) is 9. The van der Waals surface area contributed by atoms with Gasteiger partial charge < -0.3 is 14.5 Å². The Morgan fingerprint density at radius 1 is 1.21 bits per heavy atom. The summed E-state index contributed by atoms with van der Waals surface area (Å²) in [6, 6.07) is 7.81. The third kappa shape index (κ3) is 2.06. The summed E-state index contributed by atoms with van der Waals surface area (Å²) >= 11 is 0. The maximum atomic E-state index is 14.1. The lowest BCUT2D eigenvalue weighted by Gasteiger charge is -2.41. The Morgan fingerprint density at radius 3 is 2.89 bits per heavy atom. The van der Waals surface area contributed by atoms with Gasteiger partial charge in [-0.15, -0.1) is 0 Å². The number of nitrogens with zero attached hydrogens (tertiary/aromatic N) is 7. The van der Waals surface area contributed by atoms with E-state index in [1.807, 2.05) is 34.2 Å². The van der Waals surface area contributed by atoms with Crippen molar-refractivity contribution in [3.8, 4) is 0 Å². The number of halogens is 1. The minimum atomic E-state index is -1.07. The second-order valence-electron chi connectivity index (χ2n) is 7.48. The third-order valence-corrected chi connectivity index (χ3v) is 5.78. The Hall–Kier alpha value is -3.14. The first-order valence-corrected chi connectivity index (χ1v) is 9.33. The smallest absolute Gasteiger partial charge is 0.290 e. The molecule has 1 fully saturated rings. The minimum Gasteiger partial charge on any atom is -0.380 e. The zero-order chi connectivity index (χ0) is 18.9. The van der Waals surface area contributed by atoms with Crippen LogP contribution in [0.5, 0.6) is 0 Å². The molecule has 1 saturated carbocycles. The van der Waals surface area contributed by atoms with E-state index in [-0.39, 0.29) is 24.7 Å².